The zero-order chi connectivity index (χ0) is 15.2. The Morgan fingerprint density at radius 1 is 1.00 bits per heavy atom. The lowest BCUT2D eigenvalue weighted by molar-refractivity contribution is 1.09. The van der Waals surface area contributed by atoms with Crippen LogP contribution in [-0.2, 0) is 0 Å². The van der Waals surface area contributed by atoms with Crippen molar-refractivity contribution in [2.24, 2.45) is 0 Å². The van der Waals surface area contributed by atoms with Crippen LogP contribution in [0.2, 0.25) is 0 Å². The van der Waals surface area contributed by atoms with Gasteiger partial charge in [0.1, 0.15) is 0 Å². The van der Waals surface area contributed by atoms with E-state index in [2.05, 4.69) is 47.5 Å². The van der Waals surface area contributed by atoms with Crippen LogP contribution in [0.1, 0.15) is 0 Å². The SMILES string of the molecule is c1cc2cc(-c3[nH]nc4ncc(-c5cn[nH]c5)cc34)[nH]c2cn1. The van der Waals surface area contributed by atoms with Crippen molar-refractivity contribution >= 4 is 21.9 Å². The van der Waals surface area contributed by atoms with Crippen LogP contribution >= 0.6 is 0 Å². The van der Waals surface area contributed by atoms with Gasteiger partial charge in [-0.15, -0.1) is 0 Å². The molecule has 0 aliphatic rings. The van der Waals surface area contributed by atoms with Crippen LogP contribution in [-0.4, -0.2) is 35.3 Å². The maximum Gasteiger partial charge on any atom is 0.181 e. The van der Waals surface area contributed by atoms with Gasteiger partial charge in [-0.3, -0.25) is 15.2 Å². The highest BCUT2D eigenvalue weighted by atomic mass is 15.2. The number of nitrogens with one attached hydrogen (secondary N) is 3. The van der Waals surface area contributed by atoms with Crippen LogP contribution in [0.5, 0.6) is 0 Å². The highest BCUT2D eigenvalue weighted by Gasteiger charge is 2.12. The lowest BCUT2D eigenvalue weighted by Gasteiger charge is -1.98. The normalized spacial score (nSPS) is 11.5. The van der Waals surface area contributed by atoms with Gasteiger partial charge in [0.2, 0.25) is 0 Å². The number of rotatable bonds is 2. The molecule has 0 fully saturated rings. The van der Waals surface area contributed by atoms with Crippen molar-refractivity contribution in [3.63, 3.8) is 0 Å². The first-order valence-corrected chi connectivity index (χ1v) is 7.15. The third-order valence-electron chi connectivity index (χ3n) is 3.93. The number of H-pyrrole nitrogens is 3. The molecule has 5 heterocycles. The lowest BCUT2D eigenvalue weighted by Crippen LogP contribution is -1.81. The molecular formula is C16H11N7. The van der Waals surface area contributed by atoms with Gasteiger partial charge in [0.25, 0.3) is 0 Å². The van der Waals surface area contributed by atoms with Crippen LogP contribution in [0.25, 0.3) is 44.5 Å². The van der Waals surface area contributed by atoms with Gasteiger partial charge in [-0.2, -0.15) is 10.2 Å². The molecule has 0 aromatic carbocycles. The second-order valence-corrected chi connectivity index (χ2v) is 5.33. The number of aromatic amines is 3. The molecule has 0 amide bonds. The van der Waals surface area contributed by atoms with E-state index in [-0.39, 0.29) is 0 Å². The Hall–Kier alpha value is -3.48. The monoisotopic (exact) mass is 301 g/mol. The van der Waals surface area contributed by atoms with Crippen LogP contribution < -0.4 is 0 Å². The molecule has 0 spiro atoms. The fourth-order valence-electron chi connectivity index (χ4n) is 2.78. The highest BCUT2D eigenvalue weighted by molar-refractivity contribution is 5.95. The van der Waals surface area contributed by atoms with Gasteiger partial charge in [0.15, 0.2) is 5.65 Å². The second kappa shape index (κ2) is 4.51. The van der Waals surface area contributed by atoms with E-state index in [0.717, 1.165) is 38.8 Å². The van der Waals surface area contributed by atoms with E-state index in [1.54, 1.807) is 18.6 Å². The van der Waals surface area contributed by atoms with Crippen LogP contribution in [0.15, 0.2) is 49.2 Å². The Morgan fingerprint density at radius 2 is 2.00 bits per heavy atom. The van der Waals surface area contributed by atoms with Crippen LogP contribution in [0.4, 0.5) is 0 Å². The van der Waals surface area contributed by atoms with Crippen LogP contribution in [0, 0.1) is 0 Å². The van der Waals surface area contributed by atoms with Crippen molar-refractivity contribution in [1.82, 2.24) is 35.3 Å². The van der Waals surface area contributed by atoms with Crippen molar-refractivity contribution in [1.29, 1.82) is 0 Å². The topological polar surface area (TPSA) is 98.9 Å². The van der Waals surface area contributed by atoms with E-state index in [9.17, 15) is 0 Å². The third kappa shape index (κ3) is 1.83. The fourth-order valence-corrected chi connectivity index (χ4v) is 2.78. The summed E-state index contributed by atoms with van der Waals surface area (Å²) in [6.07, 6.45) is 9.01. The Morgan fingerprint density at radius 3 is 2.87 bits per heavy atom. The van der Waals surface area contributed by atoms with E-state index in [1.165, 1.54) is 0 Å². The highest BCUT2D eigenvalue weighted by Crippen LogP contribution is 2.30. The predicted molar refractivity (Wildman–Crippen MR) is 86.6 cm³/mol. The largest absolute Gasteiger partial charge is 0.352 e. The Balaban J connectivity index is 1.73. The molecule has 23 heavy (non-hydrogen) atoms. The van der Waals surface area contributed by atoms with Gasteiger partial charge in [-0.1, -0.05) is 0 Å². The van der Waals surface area contributed by atoms with Crippen molar-refractivity contribution < 1.29 is 0 Å². The minimum absolute atomic E-state index is 0.684. The minimum atomic E-state index is 0.684. The van der Waals surface area contributed by atoms with Crippen molar-refractivity contribution in [2.45, 2.75) is 0 Å². The first kappa shape index (κ1) is 12.1. The van der Waals surface area contributed by atoms with Gasteiger partial charge in [0, 0.05) is 40.5 Å². The summed E-state index contributed by atoms with van der Waals surface area (Å²) in [7, 11) is 0. The fraction of sp³-hybridized carbons (Fsp3) is 0. The number of fused-ring (bicyclic) bond motifs is 2. The van der Waals surface area contributed by atoms with Gasteiger partial charge >= 0.3 is 0 Å². The summed E-state index contributed by atoms with van der Waals surface area (Å²) in [6, 6.07) is 6.12. The first-order chi connectivity index (χ1) is 11.4. The van der Waals surface area contributed by atoms with E-state index in [4.69, 9.17) is 0 Å². The molecule has 0 aliphatic carbocycles. The molecule has 110 valence electrons. The molecule has 0 aliphatic heterocycles. The Bertz CT molecular complexity index is 1080. The molecule has 7 nitrogen and oxygen atoms in total. The molecule has 7 heteroatoms. The van der Waals surface area contributed by atoms with E-state index in [0.29, 0.717) is 5.65 Å². The summed E-state index contributed by atoms with van der Waals surface area (Å²) in [4.78, 5) is 11.9. The molecule has 5 rings (SSSR count). The van der Waals surface area contributed by atoms with E-state index in [1.807, 2.05) is 18.5 Å². The molecule has 0 saturated carbocycles. The number of nitrogens with zero attached hydrogens (tertiary/aromatic N) is 4. The van der Waals surface area contributed by atoms with Gasteiger partial charge in [-0.05, 0) is 18.2 Å². The lowest BCUT2D eigenvalue weighted by atomic mass is 10.1. The van der Waals surface area contributed by atoms with Gasteiger partial charge in [0.05, 0.1) is 29.3 Å². The van der Waals surface area contributed by atoms with Gasteiger partial charge < -0.3 is 4.98 Å². The molecule has 0 atom stereocenters. The standard InChI is InChI=1S/C16H11N7/c1-2-17-8-14-9(1)4-13(21-14)15-12-3-10(11-6-19-20-7-11)5-18-16(12)23-22-15/h1-8,21H,(H,19,20)(H,18,22,23). The quantitative estimate of drug-likeness (QED) is 0.467. The zero-order valence-corrected chi connectivity index (χ0v) is 11.9. The summed E-state index contributed by atoms with van der Waals surface area (Å²) < 4.78 is 0. The number of hydrogen-bond donors (Lipinski definition) is 3. The smallest absolute Gasteiger partial charge is 0.181 e. The average Bonchev–Trinajstić information content (AvgIpc) is 3.32. The summed E-state index contributed by atoms with van der Waals surface area (Å²) in [5.74, 6) is 0. The average molecular weight is 301 g/mol. The van der Waals surface area contributed by atoms with Gasteiger partial charge in [-0.25, -0.2) is 4.98 Å². The maximum absolute atomic E-state index is 4.43. The van der Waals surface area contributed by atoms with E-state index < -0.39 is 0 Å². The Labute approximate surface area is 129 Å². The molecule has 5 aromatic rings. The molecule has 0 radical (unpaired) electrons. The molecule has 0 saturated heterocycles. The molecule has 5 aromatic heterocycles. The first-order valence-electron chi connectivity index (χ1n) is 7.15. The minimum Gasteiger partial charge on any atom is -0.352 e. The number of pyridine rings is 2. The molecule has 0 bridgehead atoms. The maximum atomic E-state index is 4.43. The zero-order valence-electron chi connectivity index (χ0n) is 11.9. The summed E-state index contributed by atoms with van der Waals surface area (Å²) in [5.41, 5.74) is 5.53. The third-order valence-corrected chi connectivity index (χ3v) is 3.93. The predicted octanol–water partition coefficient (Wildman–Crippen LogP) is 2.89. The molecule has 3 N–H and O–H groups in total. The molecular weight excluding hydrogens is 290 g/mol. The molecule has 0 unspecified atom stereocenters. The van der Waals surface area contributed by atoms with Crippen molar-refractivity contribution in [3.8, 4) is 22.5 Å². The van der Waals surface area contributed by atoms with Crippen LogP contribution in [0.3, 0.4) is 0 Å². The summed E-state index contributed by atoms with van der Waals surface area (Å²) in [6.45, 7) is 0. The second-order valence-electron chi connectivity index (χ2n) is 5.33. The summed E-state index contributed by atoms with van der Waals surface area (Å²) in [5, 5.41) is 16.2. The summed E-state index contributed by atoms with van der Waals surface area (Å²) >= 11 is 0. The van der Waals surface area contributed by atoms with E-state index >= 15 is 0 Å². The van der Waals surface area contributed by atoms with Crippen molar-refractivity contribution in [2.75, 3.05) is 0 Å². The van der Waals surface area contributed by atoms with Crippen molar-refractivity contribution in [3.05, 3.63) is 49.2 Å². The number of hydrogen-bond acceptors (Lipinski definition) is 4. The Kier molecular flexibility index (Phi) is 2.37. The number of aromatic nitrogens is 7.